The van der Waals surface area contributed by atoms with Crippen molar-refractivity contribution in [2.75, 3.05) is 7.11 Å². The molecule has 8 nitrogen and oxygen atoms in total. The summed E-state index contributed by atoms with van der Waals surface area (Å²) in [6.07, 6.45) is 0.776. The largest absolute Gasteiger partial charge is 0.480 e. The zero-order chi connectivity index (χ0) is 25.4. The highest BCUT2D eigenvalue weighted by Crippen LogP contribution is 2.45. The number of alkyl halides is 3. The highest BCUT2D eigenvalue weighted by molar-refractivity contribution is 5.66. The summed E-state index contributed by atoms with van der Waals surface area (Å²) in [6.45, 7) is 3.64. The number of hydrogen-bond donors (Lipinski definition) is 0. The molecule has 186 valence electrons. The molecule has 36 heavy (non-hydrogen) atoms. The van der Waals surface area contributed by atoms with Crippen molar-refractivity contribution in [3.63, 3.8) is 0 Å². The van der Waals surface area contributed by atoms with Crippen LogP contribution in [0, 0.1) is 13.8 Å². The second kappa shape index (κ2) is 9.21. The number of aromatic nitrogens is 6. The lowest BCUT2D eigenvalue weighted by atomic mass is 10.1. The smallest absolute Gasteiger partial charge is 0.435 e. The van der Waals surface area contributed by atoms with Gasteiger partial charge in [-0.15, -0.1) is 0 Å². The summed E-state index contributed by atoms with van der Waals surface area (Å²) in [5.74, 6) is 1.60. The Morgan fingerprint density at radius 1 is 1.03 bits per heavy atom. The first-order valence-electron chi connectivity index (χ1n) is 11.3. The van der Waals surface area contributed by atoms with E-state index in [-0.39, 0.29) is 6.61 Å². The molecule has 4 aromatic rings. The number of methoxy groups -OCH3 is 1. The van der Waals surface area contributed by atoms with Gasteiger partial charge in [0.15, 0.2) is 11.5 Å². The Balaban J connectivity index is 1.35. The molecule has 1 aliphatic carbocycles. The van der Waals surface area contributed by atoms with E-state index in [9.17, 15) is 13.2 Å². The molecule has 0 unspecified atom stereocenters. The second-order valence-electron chi connectivity index (χ2n) is 8.63. The normalized spacial score (nSPS) is 13.6. The third-order valence-corrected chi connectivity index (χ3v) is 5.88. The summed E-state index contributed by atoms with van der Waals surface area (Å²) in [7, 11) is 1.55. The average molecular weight is 496 g/mol. The van der Waals surface area contributed by atoms with E-state index in [2.05, 4.69) is 25.0 Å². The summed E-state index contributed by atoms with van der Waals surface area (Å²) in [6, 6.07) is 7.98. The predicted molar refractivity (Wildman–Crippen MR) is 124 cm³/mol. The van der Waals surface area contributed by atoms with Gasteiger partial charge in [0.1, 0.15) is 18.5 Å². The lowest BCUT2D eigenvalue weighted by Gasteiger charge is -2.13. The maximum Gasteiger partial charge on any atom is 0.435 e. The van der Waals surface area contributed by atoms with Crippen LogP contribution in [0.5, 0.6) is 11.8 Å². The van der Waals surface area contributed by atoms with Crippen LogP contribution in [0.1, 0.15) is 47.0 Å². The molecule has 0 bridgehead atoms. The molecule has 1 fully saturated rings. The van der Waals surface area contributed by atoms with Crippen LogP contribution in [-0.2, 0) is 12.8 Å². The van der Waals surface area contributed by atoms with E-state index in [1.165, 1.54) is 11.0 Å². The van der Waals surface area contributed by atoms with Crippen molar-refractivity contribution in [2.45, 2.75) is 45.4 Å². The first-order chi connectivity index (χ1) is 17.2. The minimum atomic E-state index is -4.49. The SMILES string of the molecule is COc1ncnc(C2CC2)c1-c1ncc(C)c(OCc2ccc(-n3nc(C(F)(F)F)cc3C)cc2)n1. The molecule has 1 saturated carbocycles. The van der Waals surface area contributed by atoms with E-state index in [0.29, 0.717) is 40.4 Å². The Labute approximate surface area is 205 Å². The summed E-state index contributed by atoms with van der Waals surface area (Å²) in [5, 5.41) is 3.69. The third-order valence-electron chi connectivity index (χ3n) is 5.88. The number of benzene rings is 1. The minimum absolute atomic E-state index is 0.210. The minimum Gasteiger partial charge on any atom is -0.480 e. The molecule has 3 aromatic heterocycles. The highest BCUT2D eigenvalue weighted by Gasteiger charge is 2.34. The van der Waals surface area contributed by atoms with E-state index in [4.69, 9.17) is 9.47 Å². The lowest BCUT2D eigenvalue weighted by Crippen LogP contribution is -2.07. The molecule has 0 N–H and O–H groups in total. The van der Waals surface area contributed by atoms with Gasteiger partial charge in [-0.1, -0.05) is 12.1 Å². The number of aryl methyl sites for hydroxylation is 2. The third kappa shape index (κ3) is 4.73. The van der Waals surface area contributed by atoms with Gasteiger partial charge in [0.2, 0.25) is 11.8 Å². The van der Waals surface area contributed by atoms with Crippen molar-refractivity contribution >= 4 is 0 Å². The summed E-state index contributed by atoms with van der Waals surface area (Å²) < 4.78 is 51.7. The molecule has 1 aliphatic rings. The van der Waals surface area contributed by atoms with Crippen molar-refractivity contribution in [1.29, 1.82) is 0 Å². The fraction of sp³-hybridized carbons (Fsp3) is 0.320. The van der Waals surface area contributed by atoms with Crippen LogP contribution < -0.4 is 9.47 Å². The Kier molecular flexibility index (Phi) is 6.07. The molecule has 3 heterocycles. The topological polar surface area (TPSA) is 87.8 Å². The van der Waals surface area contributed by atoms with Gasteiger partial charge in [0.05, 0.1) is 18.5 Å². The molecular formula is C25H23F3N6O2. The van der Waals surface area contributed by atoms with Gasteiger partial charge >= 0.3 is 6.18 Å². The Morgan fingerprint density at radius 2 is 1.78 bits per heavy atom. The average Bonchev–Trinajstić information content (AvgIpc) is 3.63. The van der Waals surface area contributed by atoms with Crippen molar-refractivity contribution < 1.29 is 22.6 Å². The second-order valence-corrected chi connectivity index (χ2v) is 8.63. The monoisotopic (exact) mass is 496 g/mol. The lowest BCUT2D eigenvalue weighted by molar-refractivity contribution is -0.141. The van der Waals surface area contributed by atoms with E-state index in [1.54, 1.807) is 44.5 Å². The first kappa shape index (κ1) is 23.7. The van der Waals surface area contributed by atoms with Crippen LogP contribution in [0.2, 0.25) is 0 Å². The van der Waals surface area contributed by atoms with Gasteiger partial charge in [-0.25, -0.2) is 19.6 Å². The number of rotatable bonds is 7. The van der Waals surface area contributed by atoms with Crippen molar-refractivity contribution in [3.8, 4) is 28.8 Å². The van der Waals surface area contributed by atoms with Crippen LogP contribution >= 0.6 is 0 Å². The van der Waals surface area contributed by atoms with Crippen molar-refractivity contribution in [3.05, 3.63) is 71.1 Å². The molecule has 1 aromatic carbocycles. The Bertz CT molecular complexity index is 1400. The molecule has 5 rings (SSSR count). The maximum absolute atomic E-state index is 13.0. The number of ether oxygens (including phenoxy) is 2. The quantitative estimate of drug-likeness (QED) is 0.347. The molecule has 0 atom stereocenters. The van der Waals surface area contributed by atoms with Crippen molar-refractivity contribution in [1.82, 2.24) is 29.7 Å². The highest BCUT2D eigenvalue weighted by atomic mass is 19.4. The van der Waals surface area contributed by atoms with Gasteiger partial charge in [-0.2, -0.15) is 23.3 Å². The van der Waals surface area contributed by atoms with Crippen LogP contribution in [0.15, 0.2) is 42.9 Å². The summed E-state index contributed by atoms with van der Waals surface area (Å²) >= 11 is 0. The molecule has 0 aliphatic heterocycles. The van der Waals surface area contributed by atoms with Gasteiger partial charge in [-0.05, 0) is 50.5 Å². The Morgan fingerprint density at radius 3 is 2.42 bits per heavy atom. The summed E-state index contributed by atoms with van der Waals surface area (Å²) in [5.41, 5.74) is 3.11. The number of nitrogens with zero attached hydrogens (tertiary/aromatic N) is 6. The number of hydrogen-bond acceptors (Lipinski definition) is 7. The standard InChI is InChI=1S/C25H23F3N6O2/c1-14-11-29-22(20-21(17-6-7-17)30-13-31-24(20)35-3)32-23(14)36-12-16-4-8-18(9-5-16)34-15(2)10-19(33-34)25(26,27)28/h4-5,8-11,13,17H,6-7,12H2,1-3H3. The van der Waals surface area contributed by atoms with Gasteiger partial charge in [0, 0.05) is 23.4 Å². The predicted octanol–water partition coefficient (Wildman–Crippen LogP) is 5.22. The fourth-order valence-corrected chi connectivity index (χ4v) is 3.87. The molecule has 0 radical (unpaired) electrons. The van der Waals surface area contributed by atoms with Gasteiger partial charge < -0.3 is 9.47 Å². The van der Waals surface area contributed by atoms with E-state index >= 15 is 0 Å². The zero-order valence-electron chi connectivity index (χ0n) is 19.9. The van der Waals surface area contributed by atoms with Crippen molar-refractivity contribution in [2.24, 2.45) is 0 Å². The summed E-state index contributed by atoms with van der Waals surface area (Å²) in [4.78, 5) is 17.8. The molecule has 0 spiro atoms. The van der Waals surface area contributed by atoms with Crippen LogP contribution in [0.25, 0.3) is 17.1 Å². The molecule has 0 amide bonds. The van der Waals surface area contributed by atoms with E-state index in [1.807, 2.05) is 6.92 Å². The Hall–Kier alpha value is -4.02. The van der Waals surface area contributed by atoms with Gasteiger partial charge in [-0.3, -0.25) is 0 Å². The van der Waals surface area contributed by atoms with E-state index in [0.717, 1.165) is 35.7 Å². The zero-order valence-corrected chi connectivity index (χ0v) is 19.9. The molecular weight excluding hydrogens is 473 g/mol. The fourth-order valence-electron chi connectivity index (χ4n) is 3.87. The molecule has 11 heteroatoms. The first-order valence-corrected chi connectivity index (χ1v) is 11.3. The van der Waals surface area contributed by atoms with Gasteiger partial charge in [0.25, 0.3) is 0 Å². The van der Waals surface area contributed by atoms with Crippen LogP contribution in [0.4, 0.5) is 13.2 Å². The van der Waals surface area contributed by atoms with Crippen LogP contribution in [0.3, 0.4) is 0 Å². The number of halogens is 3. The van der Waals surface area contributed by atoms with E-state index < -0.39 is 11.9 Å². The maximum atomic E-state index is 13.0. The molecule has 0 saturated heterocycles. The van der Waals surface area contributed by atoms with Crippen LogP contribution in [-0.4, -0.2) is 36.8 Å².